The first-order chi connectivity index (χ1) is 10.1. The number of hydrogen-bond donors (Lipinski definition) is 1. The van der Waals surface area contributed by atoms with Crippen LogP contribution in [0.5, 0.6) is 5.75 Å². The minimum atomic E-state index is 0.0893. The van der Waals surface area contributed by atoms with E-state index in [-0.39, 0.29) is 6.04 Å². The maximum absolute atomic E-state index is 6.24. The lowest BCUT2D eigenvalue weighted by molar-refractivity contribution is 0.338. The highest BCUT2D eigenvalue weighted by Gasteiger charge is 2.15. The van der Waals surface area contributed by atoms with Crippen LogP contribution in [0.15, 0.2) is 40.9 Å². The summed E-state index contributed by atoms with van der Waals surface area (Å²) in [6.45, 7) is 2.63. The minimum absolute atomic E-state index is 0.0893. The van der Waals surface area contributed by atoms with Crippen LogP contribution in [0.25, 0.3) is 0 Å². The van der Waals surface area contributed by atoms with Gasteiger partial charge in [-0.25, -0.2) is 0 Å². The fourth-order valence-electron chi connectivity index (χ4n) is 2.19. The summed E-state index contributed by atoms with van der Waals surface area (Å²) in [6, 6.07) is 12.4. The van der Waals surface area contributed by atoms with E-state index in [1.807, 2.05) is 32.2 Å². The average molecular weight is 481 g/mol. The third kappa shape index (κ3) is 4.12. The molecule has 1 atom stereocenters. The monoisotopic (exact) mass is 479 g/mol. The summed E-state index contributed by atoms with van der Waals surface area (Å²) < 4.78 is 7.57. The zero-order valence-corrected chi connectivity index (χ0v) is 16.3. The van der Waals surface area contributed by atoms with Gasteiger partial charge in [-0.1, -0.05) is 23.7 Å². The van der Waals surface area contributed by atoms with Crippen molar-refractivity contribution in [2.24, 2.45) is 0 Å². The number of rotatable bonds is 5. The van der Waals surface area contributed by atoms with Crippen LogP contribution < -0.4 is 10.1 Å². The molecular formula is C16H16BrClINO. The highest BCUT2D eigenvalue weighted by atomic mass is 127. The van der Waals surface area contributed by atoms with E-state index in [2.05, 4.69) is 62.0 Å². The van der Waals surface area contributed by atoms with Gasteiger partial charge in [0.05, 0.1) is 22.1 Å². The molecule has 2 aromatic carbocycles. The maximum atomic E-state index is 6.24. The smallest absolute Gasteiger partial charge is 0.133 e. The highest BCUT2D eigenvalue weighted by Crippen LogP contribution is 2.32. The molecule has 0 aromatic heterocycles. The second kappa shape index (κ2) is 7.81. The molecule has 0 amide bonds. The fraction of sp³-hybridized carbons (Fsp3) is 0.250. The van der Waals surface area contributed by atoms with Crippen LogP contribution in [-0.4, -0.2) is 13.7 Å². The molecule has 1 N–H and O–H groups in total. The van der Waals surface area contributed by atoms with Crippen molar-refractivity contribution in [2.45, 2.75) is 13.0 Å². The maximum Gasteiger partial charge on any atom is 0.133 e. The van der Waals surface area contributed by atoms with Gasteiger partial charge >= 0.3 is 0 Å². The van der Waals surface area contributed by atoms with Crippen LogP contribution in [-0.2, 0) is 0 Å². The van der Waals surface area contributed by atoms with E-state index in [1.54, 1.807) is 0 Å². The Morgan fingerprint density at radius 3 is 2.48 bits per heavy atom. The standard InChI is InChI=1S/C16H16BrClINO/c1-3-21-15-7-5-10(8-12(15)17)16(20-2)11-4-6-14(19)13(18)9-11/h4-9,16,20H,3H2,1-2H3. The Morgan fingerprint density at radius 1 is 1.24 bits per heavy atom. The van der Waals surface area contributed by atoms with E-state index in [0.717, 1.165) is 29.9 Å². The summed E-state index contributed by atoms with van der Waals surface area (Å²) in [5.74, 6) is 0.858. The van der Waals surface area contributed by atoms with Crippen molar-refractivity contribution >= 4 is 50.1 Å². The molecule has 0 bridgehead atoms. The van der Waals surface area contributed by atoms with Gasteiger partial charge in [0, 0.05) is 3.57 Å². The van der Waals surface area contributed by atoms with Gasteiger partial charge in [-0.15, -0.1) is 0 Å². The Bertz CT molecular complexity index is 636. The van der Waals surface area contributed by atoms with E-state index < -0.39 is 0 Å². The van der Waals surface area contributed by atoms with Gasteiger partial charge in [-0.3, -0.25) is 0 Å². The van der Waals surface area contributed by atoms with Gasteiger partial charge in [-0.05, 0) is 87.9 Å². The first kappa shape index (κ1) is 17.1. The Balaban J connectivity index is 2.36. The molecule has 0 heterocycles. The molecule has 0 aliphatic rings. The number of benzene rings is 2. The summed E-state index contributed by atoms with van der Waals surface area (Å²) in [6.07, 6.45) is 0. The molecule has 0 radical (unpaired) electrons. The van der Waals surface area contributed by atoms with E-state index in [0.29, 0.717) is 6.61 Å². The Kier molecular flexibility index (Phi) is 6.34. The van der Waals surface area contributed by atoms with Crippen molar-refractivity contribution in [2.75, 3.05) is 13.7 Å². The van der Waals surface area contributed by atoms with Gasteiger partial charge in [0.2, 0.25) is 0 Å². The average Bonchev–Trinajstić information content (AvgIpc) is 2.46. The van der Waals surface area contributed by atoms with Gasteiger partial charge in [0.25, 0.3) is 0 Å². The number of hydrogen-bond acceptors (Lipinski definition) is 2. The van der Waals surface area contributed by atoms with E-state index in [9.17, 15) is 0 Å². The zero-order chi connectivity index (χ0) is 15.4. The topological polar surface area (TPSA) is 21.3 Å². The Morgan fingerprint density at radius 2 is 1.90 bits per heavy atom. The molecule has 5 heteroatoms. The van der Waals surface area contributed by atoms with Crippen molar-refractivity contribution < 1.29 is 4.74 Å². The molecule has 21 heavy (non-hydrogen) atoms. The molecule has 2 rings (SSSR count). The number of ether oxygens (including phenoxy) is 1. The van der Waals surface area contributed by atoms with Crippen LogP contribution in [0.3, 0.4) is 0 Å². The van der Waals surface area contributed by atoms with Crippen LogP contribution in [0.2, 0.25) is 5.02 Å². The summed E-state index contributed by atoms with van der Waals surface area (Å²) in [5.41, 5.74) is 2.30. The number of nitrogens with one attached hydrogen (secondary N) is 1. The molecule has 0 aliphatic carbocycles. The van der Waals surface area contributed by atoms with E-state index >= 15 is 0 Å². The third-order valence-electron chi connectivity index (χ3n) is 3.15. The lowest BCUT2D eigenvalue weighted by Crippen LogP contribution is -2.17. The molecule has 2 aromatic rings. The summed E-state index contributed by atoms with van der Waals surface area (Å²) in [4.78, 5) is 0. The first-order valence-electron chi connectivity index (χ1n) is 6.61. The molecule has 0 aliphatic heterocycles. The molecule has 0 saturated heterocycles. The van der Waals surface area contributed by atoms with Crippen molar-refractivity contribution in [3.05, 3.63) is 60.6 Å². The molecule has 1 unspecified atom stereocenters. The lowest BCUT2D eigenvalue weighted by Gasteiger charge is -2.19. The normalized spacial score (nSPS) is 12.2. The third-order valence-corrected chi connectivity index (χ3v) is 5.35. The largest absolute Gasteiger partial charge is 0.493 e. The van der Waals surface area contributed by atoms with Crippen molar-refractivity contribution in [3.8, 4) is 5.75 Å². The first-order valence-corrected chi connectivity index (χ1v) is 8.86. The molecule has 0 fully saturated rings. The van der Waals surface area contributed by atoms with Crippen LogP contribution >= 0.6 is 50.1 Å². The second-order valence-electron chi connectivity index (χ2n) is 4.52. The second-order valence-corrected chi connectivity index (χ2v) is 6.94. The van der Waals surface area contributed by atoms with E-state index in [1.165, 1.54) is 0 Å². The predicted octanol–water partition coefficient (Wildman–Crippen LogP) is 5.41. The van der Waals surface area contributed by atoms with Crippen LogP contribution in [0.1, 0.15) is 24.1 Å². The van der Waals surface area contributed by atoms with Crippen molar-refractivity contribution in [1.82, 2.24) is 5.32 Å². The Hall–Kier alpha value is -0.300. The molecular weight excluding hydrogens is 464 g/mol. The number of halogens is 3. The molecule has 0 spiro atoms. The van der Waals surface area contributed by atoms with Gasteiger partial charge in [-0.2, -0.15) is 0 Å². The quantitative estimate of drug-likeness (QED) is 0.578. The minimum Gasteiger partial charge on any atom is -0.493 e. The highest BCUT2D eigenvalue weighted by molar-refractivity contribution is 14.1. The van der Waals surface area contributed by atoms with Crippen molar-refractivity contribution in [1.29, 1.82) is 0 Å². The zero-order valence-electron chi connectivity index (χ0n) is 11.8. The Labute approximate surface area is 152 Å². The van der Waals surface area contributed by atoms with Crippen LogP contribution in [0, 0.1) is 3.57 Å². The van der Waals surface area contributed by atoms with Gasteiger partial charge in [0.1, 0.15) is 5.75 Å². The van der Waals surface area contributed by atoms with Gasteiger partial charge < -0.3 is 10.1 Å². The van der Waals surface area contributed by atoms with Gasteiger partial charge in [0.15, 0.2) is 0 Å². The van der Waals surface area contributed by atoms with E-state index in [4.69, 9.17) is 16.3 Å². The fourth-order valence-corrected chi connectivity index (χ4v) is 3.22. The summed E-state index contributed by atoms with van der Waals surface area (Å²) >= 11 is 12.0. The van der Waals surface area contributed by atoms with Crippen molar-refractivity contribution in [3.63, 3.8) is 0 Å². The molecule has 2 nitrogen and oxygen atoms in total. The lowest BCUT2D eigenvalue weighted by atomic mass is 9.99. The van der Waals surface area contributed by atoms with Crippen LogP contribution in [0.4, 0.5) is 0 Å². The predicted molar refractivity (Wildman–Crippen MR) is 100 cm³/mol. The summed E-state index contributed by atoms with van der Waals surface area (Å²) in [5, 5.41) is 4.11. The summed E-state index contributed by atoms with van der Waals surface area (Å²) in [7, 11) is 1.95. The molecule has 0 saturated carbocycles. The molecule has 112 valence electrons. The SMILES string of the molecule is CCOc1ccc(C(NC)c2ccc(I)c(Cl)c2)cc1Br.